The maximum atomic E-state index is 12.4. The van der Waals surface area contributed by atoms with Crippen LogP contribution in [0.3, 0.4) is 0 Å². The molecule has 2 fully saturated rings. The van der Waals surface area contributed by atoms with E-state index in [1.165, 1.54) is 9.78 Å². The first-order valence-corrected chi connectivity index (χ1v) is 10.2. The molecule has 0 bridgehead atoms. The number of carbonyl (C=O) groups excluding carboxylic acids is 3. The fraction of sp³-hybridized carbons (Fsp3) is 0.632. The summed E-state index contributed by atoms with van der Waals surface area (Å²) in [6.07, 6.45) is 3.82. The normalized spacial score (nSPS) is 24.0. The Morgan fingerprint density at radius 1 is 1.27 bits per heavy atom. The van der Waals surface area contributed by atoms with Gasteiger partial charge < -0.3 is 10.2 Å². The monoisotopic (exact) mass is 377 g/mol. The topological polar surface area (TPSA) is 69.7 Å². The average Bonchev–Trinajstić information content (AvgIpc) is 3.22. The van der Waals surface area contributed by atoms with E-state index in [0.29, 0.717) is 6.54 Å². The number of rotatable bonds is 7. The highest BCUT2D eigenvalue weighted by atomic mass is 32.1. The van der Waals surface area contributed by atoms with E-state index in [-0.39, 0.29) is 48.6 Å². The second-order valence-corrected chi connectivity index (χ2v) is 8.35. The molecule has 0 spiro atoms. The summed E-state index contributed by atoms with van der Waals surface area (Å²) in [7, 11) is 3.97. The zero-order valence-corrected chi connectivity index (χ0v) is 16.3. The van der Waals surface area contributed by atoms with E-state index in [1.807, 2.05) is 25.5 Å². The Kier molecular flexibility index (Phi) is 6.09. The first-order valence-electron chi connectivity index (χ1n) is 9.30. The van der Waals surface area contributed by atoms with Gasteiger partial charge in [0, 0.05) is 24.4 Å². The van der Waals surface area contributed by atoms with Crippen molar-refractivity contribution in [1.82, 2.24) is 15.1 Å². The standard InChI is InChI=1S/C19H27N3O3S/c1-21(2)15(16-8-5-11-26-16)12-20-17(23)9-10-22-18(24)13-6-3-4-7-14(13)19(22)25/h5,8,11,13-15H,3-4,6-7,9-10,12H2,1-2H3,(H,20,23). The summed E-state index contributed by atoms with van der Waals surface area (Å²) in [4.78, 5) is 41.7. The van der Waals surface area contributed by atoms with Crippen molar-refractivity contribution in [1.29, 1.82) is 0 Å². The molecule has 1 saturated carbocycles. The number of likely N-dealkylation sites (N-methyl/N-ethyl adjacent to an activating group) is 1. The third kappa shape index (κ3) is 3.99. The molecule has 2 aliphatic rings. The van der Waals surface area contributed by atoms with Crippen LogP contribution in [0, 0.1) is 11.8 Å². The van der Waals surface area contributed by atoms with Crippen molar-refractivity contribution in [3.63, 3.8) is 0 Å². The van der Waals surface area contributed by atoms with Crippen molar-refractivity contribution in [2.45, 2.75) is 38.1 Å². The van der Waals surface area contributed by atoms with Gasteiger partial charge in [0.05, 0.1) is 17.9 Å². The molecule has 0 aromatic carbocycles. The second-order valence-electron chi connectivity index (χ2n) is 7.37. The number of carbonyl (C=O) groups is 3. The minimum absolute atomic E-state index is 0.0720. The summed E-state index contributed by atoms with van der Waals surface area (Å²) in [5.41, 5.74) is 0. The molecule has 6 nitrogen and oxygen atoms in total. The number of hydrogen-bond donors (Lipinski definition) is 1. The van der Waals surface area contributed by atoms with Crippen LogP contribution < -0.4 is 5.32 Å². The Morgan fingerprint density at radius 3 is 2.46 bits per heavy atom. The van der Waals surface area contributed by atoms with Crippen molar-refractivity contribution in [2.75, 3.05) is 27.2 Å². The van der Waals surface area contributed by atoms with Gasteiger partial charge in [0.2, 0.25) is 17.7 Å². The van der Waals surface area contributed by atoms with E-state index in [0.717, 1.165) is 25.7 Å². The van der Waals surface area contributed by atoms with Gasteiger partial charge >= 0.3 is 0 Å². The molecule has 1 aliphatic carbocycles. The largest absolute Gasteiger partial charge is 0.354 e. The quantitative estimate of drug-likeness (QED) is 0.738. The predicted octanol–water partition coefficient (Wildman–Crippen LogP) is 2.03. The first-order chi connectivity index (χ1) is 12.5. The third-order valence-corrected chi connectivity index (χ3v) is 6.46. The SMILES string of the molecule is CN(C)C(CNC(=O)CCN1C(=O)C2CCCCC2C1=O)c1cccs1. The summed E-state index contributed by atoms with van der Waals surface area (Å²) < 4.78 is 0. The number of nitrogens with one attached hydrogen (secondary N) is 1. The van der Waals surface area contributed by atoms with Gasteiger partial charge in [-0.25, -0.2) is 0 Å². The average molecular weight is 378 g/mol. The van der Waals surface area contributed by atoms with E-state index in [2.05, 4.69) is 16.3 Å². The predicted molar refractivity (Wildman–Crippen MR) is 101 cm³/mol. The van der Waals surface area contributed by atoms with Crippen LogP contribution in [0.1, 0.15) is 43.0 Å². The molecule has 3 rings (SSSR count). The highest BCUT2D eigenvalue weighted by Gasteiger charge is 2.47. The lowest BCUT2D eigenvalue weighted by atomic mass is 9.81. The molecule has 3 unspecified atom stereocenters. The maximum absolute atomic E-state index is 12.4. The van der Waals surface area contributed by atoms with Crippen LogP contribution >= 0.6 is 11.3 Å². The van der Waals surface area contributed by atoms with Crippen LogP contribution in [-0.2, 0) is 14.4 Å². The number of imide groups is 1. The molecule has 0 radical (unpaired) electrons. The van der Waals surface area contributed by atoms with Crippen LogP contribution in [0.4, 0.5) is 0 Å². The van der Waals surface area contributed by atoms with Crippen molar-refractivity contribution in [2.24, 2.45) is 11.8 Å². The summed E-state index contributed by atoms with van der Waals surface area (Å²) in [6.45, 7) is 0.710. The molecular formula is C19H27N3O3S. The summed E-state index contributed by atoms with van der Waals surface area (Å²) in [5, 5.41) is 4.97. The highest BCUT2D eigenvalue weighted by molar-refractivity contribution is 7.10. The van der Waals surface area contributed by atoms with E-state index in [1.54, 1.807) is 11.3 Å². The number of hydrogen-bond acceptors (Lipinski definition) is 5. The fourth-order valence-electron chi connectivity index (χ4n) is 3.98. The van der Waals surface area contributed by atoms with Gasteiger partial charge in [0.1, 0.15) is 0 Å². The Morgan fingerprint density at radius 2 is 1.92 bits per heavy atom. The van der Waals surface area contributed by atoms with E-state index >= 15 is 0 Å². The number of fused-ring (bicyclic) bond motifs is 1. The molecule has 1 aromatic heterocycles. The van der Waals surface area contributed by atoms with Crippen molar-refractivity contribution >= 4 is 29.1 Å². The van der Waals surface area contributed by atoms with Gasteiger partial charge in [0.25, 0.3) is 0 Å². The minimum atomic E-state index is -0.142. The molecule has 7 heteroatoms. The molecule has 142 valence electrons. The Hall–Kier alpha value is -1.73. The molecule has 1 saturated heterocycles. The van der Waals surface area contributed by atoms with Gasteiger partial charge in [-0.2, -0.15) is 0 Å². The molecule has 26 heavy (non-hydrogen) atoms. The van der Waals surface area contributed by atoms with Gasteiger partial charge in [-0.15, -0.1) is 11.3 Å². The second kappa shape index (κ2) is 8.31. The third-order valence-electron chi connectivity index (χ3n) is 5.48. The summed E-state index contributed by atoms with van der Waals surface area (Å²) in [5.74, 6) is -0.550. The van der Waals surface area contributed by atoms with Crippen molar-refractivity contribution in [3.05, 3.63) is 22.4 Å². The van der Waals surface area contributed by atoms with Gasteiger partial charge in [-0.1, -0.05) is 18.9 Å². The van der Waals surface area contributed by atoms with E-state index < -0.39 is 0 Å². The lowest BCUT2D eigenvalue weighted by molar-refractivity contribution is -0.140. The van der Waals surface area contributed by atoms with Crippen molar-refractivity contribution in [3.8, 4) is 0 Å². The van der Waals surface area contributed by atoms with Crippen LogP contribution in [0.2, 0.25) is 0 Å². The zero-order valence-electron chi connectivity index (χ0n) is 15.4. The number of likely N-dealkylation sites (tertiary alicyclic amines) is 1. The van der Waals surface area contributed by atoms with Crippen LogP contribution in [-0.4, -0.2) is 54.7 Å². The number of nitrogens with zero attached hydrogens (tertiary/aromatic N) is 2. The van der Waals surface area contributed by atoms with E-state index in [4.69, 9.17) is 0 Å². The van der Waals surface area contributed by atoms with Crippen LogP contribution in [0.25, 0.3) is 0 Å². The van der Waals surface area contributed by atoms with E-state index in [9.17, 15) is 14.4 Å². The molecule has 1 aliphatic heterocycles. The Balaban J connectivity index is 1.49. The Labute approximate surface area is 158 Å². The van der Waals surface area contributed by atoms with Crippen LogP contribution in [0.5, 0.6) is 0 Å². The molecule has 1 N–H and O–H groups in total. The molecule has 3 amide bonds. The molecule has 3 atom stereocenters. The minimum Gasteiger partial charge on any atom is -0.354 e. The summed E-state index contributed by atoms with van der Waals surface area (Å²) in [6, 6.07) is 4.18. The van der Waals surface area contributed by atoms with Gasteiger partial charge in [0.15, 0.2) is 0 Å². The molecular weight excluding hydrogens is 350 g/mol. The van der Waals surface area contributed by atoms with Crippen LogP contribution in [0.15, 0.2) is 17.5 Å². The fourth-order valence-corrected chi connectivity index (χ4v) is 4.90. The lowest BCUT2D eigenvalue weighted by Gasteiger charge is -2.23. The smallest absolute Gasteiger partial charge is 0.233 e. The highest BCUT2D eigenvalue weighted by Crippen LogP contribution is 2.37. The van der Waals surface area contributed by atoms with Gasteiger partial charge in [-0.3, -0.25) is 19.3 Å². The molecule has 2 heterocycles. The summed E-state index contributed by atoms with van der Waals surface area (Å²) >= 11 is 1.67. The maximum Gasteiger partial charge on any atom is 0.233 e. The Bertz CT molecular complexity index is 635. The number of thiophene rings is 1. The lowest BCUT2D eigenvalue weighted by Crippen LogP contribution is -2.38. The number of amides is 3. The van der Waals surface area contributed by atoms with Gasteiger partial charge in [-0.05, 0) is 38.4 Å². The molecule has 1 aromatic rings. The first kappa shape index (κ1) is 19.0. The zero-order chi connectivity index (χ0) is 18.7. The van der Waals surface area contributed by atoms with Crippen molar-refractivity contribution < 1.29 is 14.4 Å².